The molecular formula is C32H37Cl3N8O2S2. The van der Waals surface area contributed by atoms with Crippen molar-refractivity contribution in [3.8, 4) is 0 Å². The van der Waals surface area contributed by atoms with Crippen molar-refractivity contribution in [3.63, 3.8) is 0 Å². The number of hydrogen-bond donors (Lipinski definition) is 6. The molecule has 6 atom stereocenters. The minimum Gasteiger partial charge on any atom is -0.393 e. The van der Waals surface area contributed by atoms with Gasteiger partial charge in [-0.05, 0) is 81.0 Å². The van der Waals surface area contributed by atoms with Crippen molar-refractivity contribution in [2.75, 3.05) is 10.6 Å². The maximum Gasteiger partial charge on any atom is 0.222 e. The highest BCUT2D eigenvalue weighted by Crippen LogP contribution is 2.34. The number of benzene rings is 2. The lowest BCUT2D eigenvalue weighted by molar-refractivity contribution is 0.115. The molecular weight excluding hydrogens is 699 g/mol. The van der Waals surface area contributed by atoms with E-state index in [4.69, 9.17) is 46.3 Å². The van der Waals surface area contributed by atoms with Crippen LogP contribution in [0, 0.1) is 0 Å². The molecule has 6 rings (SSSR count). The molecule has 2 fully saturated rings. The Kier molecular flexibility index (Phi) is 13.2. The van der Waals surface area contributed by atoms with Gasteiger partial charge < -0.3 is 32.3 Å². The molecule has 2 aromatic carbocycles. The fraction of sp³-hybridized carbons (Fsp3) is 0.375. The molecule has 0 saturated heterocycles. The van der Waals surface area contributed by atoms with Gasteiger partial charge in [0.25, 0.3) is 0 Å². The van der Waals surface area contributed by atoms with Gasteiger partial charge in [-0.2, -0.15) is 0 Å². The molecule has 10 nitrogen and oxygen atoms in total. The Morgan fingerprint density at radius 1 is 0.617 bits per heavy atom. The van der Waals surface area contributed by atoms with Gasteiger partial charge >= 0.3 is 0 Å². The Hall–Kier alpha value is -2.39. The van der Waals surface area contributed by atoms with Gasteiger partial charge in [0.05, 0.1) is 17.2 Å². The van der Waals surface area contributed by atoms with Crippen LogP contribution >= 0.6 is 58.3 Å². The standard InChI is InChI=1S/C16H18Cl2N4OS.C16H19ClN4OS/c17-9-1-4-15(12(18)5-9)24-11-7-20-16(21-8-11)22-14-3-2-10(23)6-13(14)19;17-10-1-4-12(5-2-10)23-13-8-19-16(20-9-13)21-15-6-3-11(22)7-14(15)18/h1,4-5,7-8,10,13-14,23H,2-3,6,19H2,(H,20,21,22);1-2,4-5,8-9,11,14-15,22H,3,6-7,18H2,(H,19,20,21). The third kappa shape index (κ3) is 11.1. The van der Waals surface area contributed by atoms with Gasteiger partial charge in [0.15, 0.2) is 0 Å². The number of hydrogen-bond acceptors (Lipinski definition) is 12. The van der Waals surface area contributed by atoms with Crippen molar-refractivity contribution in [3.05, 3.63) is 82.3 Å². The summed E-state index contributed by atoms with van der Waals surface area (Å²) in [4.78, 5) is 21.2. The maximum atomic E-state index is 9.62. The van der Waals surface area contributed by atoms with Crippen molar-refractivity contribution in [2.24, 2.45) is 11.5 Å². The minimum atomic E-state index is -0.304. The lowest BCUT2D eigenvalue weighted by Gasteiger charge is -2.32. The summed E-state index contributed by atoms with van der Waals surface area (Å²) in [6, 6.07) is 13.0. The zero-order chi connectivity index (χ0) is 33.3. The molecule has 0 bridgehead atoms. The number of rotatable bonds is 8. The number of halogens is 3. The topological polar surface area (TPSA) is 168 Å². The summed E-state index contributed by atoms with van der Waals surface area (Å²) in [7, 11) is 0. The van der Waals surface area contributed by atoms with Crippen LogP contribution in [0.2, 0.25) is 15.1 Å². The van der Waals surface area contributed by atoms with Gasteiger partial charge in [-0.3, -0.25) is 0 Å². The van der Waals surface area contributed by atoms with Crippen LogP contribution in [0.3, 0.4) is 0 Å². The smallest absolute Gasteiger partial charge is 0.222 e. The predicted molar refractivity (Wildman–Crippen MR) is 191 cm³/mol. The molecule has 2 aromatic heterocycles. The van der Waals surface area contributed by atoms with Crippen molar-refractivity contribution in [2.45, 2.75) is 94.5 Å². The second-order valence-electron chi connectivity index (χ2n) is 11.5. The Balaban J connectivity index is 0.000000185. The summed E-state index contributed by atoms with van der Waals surface area (Å²) in [5.74, 6) is 1.11. The van der Waals surface area contributed by atoms with E-state index in [1.807, 2.05) is 30.3 Å². The van der Waals surface area contributed by atoms with Crippen LogP contribution in [0.1, 0.15) is 38.5 Å². The predicted octanol–water partition coefficient (Wildman–Crippen LogP) is 6.52. The third-order valence-electron chi connectivity index (χ3n) is 7.80. The highest BCUT2D eigenvalue weighted by molar-refractivity contribution is 7.99. The van der Waals surface area contributed by atoms with E-state index in [9.17, 15) is 10.2 Å². The first-order valence-electron chi connectivity index (χ1n) is 15.2. The van der Waals surface area contributed by atoms with E-state index < -0.39 is 0 Å². The Morgan fingerprint density at radius 2 is 1.09 bits per heavy atom. The largest absolute Gasteiger partial charge is 0.393 e. The molecule has 0 aliphatic heterocycles. The molecule has 8 N–H and O–H groups in total. The quantitative estimate of drug-likeness (QED) is 0.116. The van der Waals surface area contributed by atoms with E-state index >= 15 is 0 Å². The summed E-state index contributed by atoms with van der Waals surface area (Å²) in [5.41, 5.74) is 12.1. The van der Waals surface area contributed by atoms with E-state index in [2.05, 4.69) is 30.6 Å². The number of aliphatic hydroxyl groups is 2. The first-order valence-corrected chi connectivity index (χ1v) is 18.0. The first-order chi connectivity index (χ1) is 22.6. The summed E-state index contributed by atoms with van der Waals surface area (Å²) < 4.78 is 0. The molecule has 2 aliphatic carbocycles. The monoisotopic (exact) mass is 734 g/mol. The summed E-state index contributed by atoms with van der Waals surface area (Å²) in [5, 5.41) is 27.7. The van der Waals surface area contributed by atoms with E-state index in [1.165, 1.54) is 11.8 Å². The fourth-order valence-corrected chi connectivity index (χ4v) is 7.43. The zero-order valence-corrected chi connectivity index (χ0v) is 29.2. The van der Waals surface area contributed by atoms with Crippen LogP contribution in [0.5, 0.6) is 0 Å². The second kappa shape index (κ2) is 17.3. The molecule has 4 aromatic rings. The molecule has 2 saturated carbocycles. The molecule has 0 spiro atoms. The highest BCUT2D eigenvalue weighted by Gasteiger charge is 2.28. The van der Waals surface area contributed by atoms with E-state index in [0.29, 0.717) is 34.8 Å². The number of aliphatic hydroxyl groups excluding tert-OH is 2. The summed E-state index contributed by atoms with van der Waals surface area (Å²) in [6.07, 6.45) is 10.8. The van der Waals surface area contributed by atoms with E-state index in [1.54, 1.807) is 48.7 Å². The maximum absolute atomic E-state index is 9.62. The third-order valence-corrected chi connectivity index (χ3v) is 10.7. The lowest BCUT2D eigenvalue weighted by Crippen LogP contribution is -2.46. The van der Waals surface area contributed by atoms with Crippen LogP contribution < -0.4 is 22.1 Å². The zero-order valence-electron chi connectivity index (χ0n) is 25.3. The lowest BCUT2D eigenvalue weighted by atomic mass is 9.89. The average Bonchev–Trinajstić information content (AvgIpc) is 3.04. The molecule has 0 amide bonds. The summed E-state index contributed by atoms with van der Waals surface area (Å²) >= 11 is 21.0. The van der Waals surface area contributed by atoms with Crippen LogP contribution in [-0.4, -0.2) is 66.5 Å². The van der Waals surface area contributed by atoms with E-state index in [0.717, 1.165) is 50.3 Å². The molecule has 6 unspecified atom stereocenters. The molecule has 2 aliphatic rings. The normalized spacial score (nSPS) is 24.1. The molecule has 250 valence electrons. The molecule has 2 heterocycles. The SMILES string of the molecule is NC1CC(O)CCC1Nc1ncc(Sc2ccc(Cl)cc2)cn1.NC1CC(O)CCC1Nc1ncc(Sc2ccc(Cl)cc2Cl)cn1. The van der Waals surface area contributed by atoms with Gasteiger partial charge in [0.2, 0.25) is 11.9 Å². The van der Waals surface area contributed by atoms with Crippen LogP contribution in [0.15, 0.2) is 86.8 Å². The van der Waals surface area contributed by atoms with Gasteiger partial charge in [-0.1, -0.05) is 58.3 Å². The summed E-state index contributed by atoms with van der Waals surface area (Å²) in [6.45, 7) is 0. The van der Waals surface area contributed by atoms with Crippen molar-refractivity contribution >= 4 is 70.2 Å². The highest BCUT2D eigenvalue weighted by atomic mass is 35.5. The van der Waals surface area contributed by atoms with Gasteiger partial charge in [0, 0.05) is 78.6 Å². The fourth-order valence-electron chi connectivity index (χ4n) is 5.27. The van der Waals surface area contributed by atoms with Crippen molar-refractivity contribution in [1.29, 1.82) is 0 Å². The van der Waals surface area contributed by atoms with Crippen LogP contribution in [-0.2, 0) is 0 Å². The van der Waals surface area contributed by atoms with Crippen molar-refractivity contribution < 1.29 is 10.2 Å². The second-order valence-corrected chi connectivity index (χ2v) is 15.0. The Labute approximate surface area is 297 Å². The molecule has 47 heavy (non-hydrogen) atoms. The van der Waals surface area contributed by atoms with Crippen LogP contribution in [0.25, 0.3) is 0 Å². The Bertz CT molecular complexity index is 1570. The number of anilines is 2. The number of nitrogens with one attached hydrogen (secondary N) is 2. The first kappa shape index (κ1) is 35.9. The van der Waals surface area contributed by atoms with Crippen molar-refractivity contribution in [1.82, 2.24) is 19.9 Å². The number of aromatic nitrogens is 4. The average molecular weight is 736 g/mol. The minimum absolute atomic E-state index is 0.0783. The van der Waals surface area contributed by atoms with E-state index in [-0.39, 0.29) is 36.4 Å². The Morgan fingerprint density at radius 3 is 1.55 bits per heavy atom. The molecule has 0 radical (unpaired) electrons. The van der Waals surface area contributed by atoms with Gasteiger partial charge in [0.1, 0.15) is 0 Å². The number of nitrogens with two attached hydrogens (primary N) is 2. The van der Waals surface area contributed by atoms with Crippen LogP contribution in [0.4, 0.5) is 11.9 Å². The van der Waals surface area contributed by atoms with Gasteiger partial charge in [-0.25, -0.2) is 19.9 Å². The number of nitrogens with zero attached hydrogens (tertiary/aromatic N) is 4. The molecule has 15 heteroatoms. The van der Waals surface area contributed by atoms with Gasteiger partial charge in [-0.15, -0.1) is 0 Å².